The highest BCUT2D eigenvalue weighted by atomic mass is 16.5. The molecule has 0 fully saturated rings. The molecule has 0 aliphatic heterocycles. The van der Waals surface area contributed by atoms with Gasteiger partial charge >= 0.3 is 5.97 Å². The van der Waals surface area contributed by atoms with Crippen molar-refractivity contribution >= 4 is 11.7 Å². The van der Waals surface area contributed by atoms with E-state index in [1.54, 1.807) is 0 Å². The molecule has 0 unspecified atom stereocenters. The summed E-state index contributed by atoms with van der Waals surface area (Å²) in [6.07, 6.45) is 0. The van der Waals surface area contributed by atoms with E-state index < -0.39 is 0 Å². The fraction of sp³-hybridized carbons (Fsp3) is 0.136. The van der Waals surface area contributed by atoms with Crippen LogP contribution in [0.2, 0.25) is 0 Å². The molecule has 25 heavy (non-hydrogen) atoms. The number of anilines is 1. The third-order valence-corrected chi connectivity index (χ3v) is 3.94. The molecule has 3 heteroatoms. The van der Waals surface area contributed by atoms with Crippen LogP contribution in [0.4, 0.5) is 5.69 Å². The zero-order chi connectivity index (χ0) is 17.5. The van der Waals surface area contributed by atoms with Gasteiger partial charge in [0.05, 0.1) is 12.2 Å². The van der Waals surface area contributed by atoms with E-state index in [1.165, 1.54) is 5.56 Å². The Morgan fingerprint density at radius 2 is 1.60 bits per heavy atom. The number of ether oxygens (including phenoxy) is 1. The molecule has 126 valence electrons. The molecule has 0 aliphatic rings. The topological polar surface area (TPSA) is 38.3 Å². The number of carbonyl (C=O) groups is 1. The molecule has 3 nitrogen and oxygen atoms in total. The van der Waals surface area contributed by atoms with E-state index in [0.29, 0.717) is 12.2 Å². The number of carbonyl (C=O) groups excluding carboxylic acids is 1. The number of benzene rings is 3. The number of esters is 1. The van der Waals surface area contributed by atoms with Crippen LogP contribution in [0.5, 0.6) is 0 Å². The molecule has 3 aromatic rings. The molecular weight excluding hydrogens is 310 g/mol. The highest BCUT2D eigenvalue weighted by Crippen LogP contribution is 2.28. The van der Waals surface area contributed by atoms with Crippen molar-refractivity contribution in [2.24, 2.45) is 0 Å². The molecule has 0 amide bonds. The smallest absolute Gasteiger partial charge is 0.338 e. The Kier molecular flexibility index (Phi) is 5.47. The number of nitrogens with one attached hydrogen (secondary N) is 1. The van der Waals surface area contributed by atoms with Crippen LogP contribution in [-0.4, -0.2) is 12.6 Å². The molecule has 0 aromatic heterocycles. The van der Waals surface area contributed by atoms with Crippen LogP contribution in [0.15, 0.2) is 78.9 Å². The molecule has 0 atom stereocenters. The summed E-state index contributed by atoms with van der Waals surface area (Å²) in [5.41, 5.74) is 4.62. The van der Waals surface area contributed by atoms with Crippen molar-refractivity contribution in [2.45, 2.75) is 13.5 Å². The van der Waals surface area contributed by atoms with E-state index >= 15 is 0 Å². The highest BCUT2D eigenvalue weighted by Gasteiger charge is 2.14. The van der Waals surface area contributed by atoms with Gasteiger partial charge in [0.1, 0.15) is 0 Å². The zero-order valence-corrected chi connectivity index (χ0v) is 14.2. The first-order chi connectivity index (χ1) is 12.3. The summed E-state index contributed by atoms with van der Waals surface area (Å²) in [5, 5.41) is 3.42. The van der Waals surface area contributed by atoms with Crippen molar-refractivity contribution < 1.29 is 9.53 Å². The fourth-order valence-electron chi connectivity index (χ4n) is 2.70. The first kappa shape index (κ1) is 16.8. The minimum absolute atomic E-state index is 0.295. The first-order valence-electron chi connectivity index (χ1n) is 8.42. The maximum Gasteiger partial charge on any atom is 0.338 e. The van der Waals surface area contributed by atoms with Crippen LogP contribution in [0.1, 0.15) is 22.8 Å². The van der Waals surface area contributed by atoms with Gasteiger partial charge in [-0.2, -0.15) is 0 Å². The second-order valence-electron chi connectivity index (χ2n) is 5.69. The van der Waals surface area contributed by atoms with E-state index in [-0.39, 0.29) is 5.97 Å². The number of hydrogen-bond donors (Lipinski definition) is 1. The summed E-state index contributed by atoms with van der Waals surface area (Å²) in [5.74, 6) is -0.295. The Morgan fingerprint density at radius 3 is 2.28 bits per heavy atom. The number of hydrogen-bond acceptors (Lipinski definition) is 3. The Morgan fingerprint density at radius 1 is 0.920 bits per heavy atom. The van der Waals surface area contributed by atoms with Gasteiger partial charge in [-0.1, -0.05) is 60.7 Å². The molecular formula is C22H21NO2. The molecule has 3 aromatic carbocycles. The van der Waals surface area contributed by atoms with Crippen LogP contribution < -0.4 is 5.32 Å². The van der Waals surface area contributed by atoms with Crippen LogP contribution >= 0.6 is 0 Å². The second-order valence-corrected chi connectivity index (χ2v) is 5.69. The lowest BCUT2D eigenvalue weighted by Gasteiger charge is -2.13. The minimum atomic E-state index is -0.295. The molecule has 0 spiro atoms. The van der Waals surface area contributed by atoms with Crippen molar-refractivity contribution in [1.82, 2.24) is 0 Å². The summed E-state index contributed by atoms with van der Waals surface area (Å²) in [7, 11) is 0. The maximum atomic E-state index is 12.3. The van der Waals surface area contributed by atoms with Crippen LogP contribution in [0.25, 0.3) is 11.1 Å². The minimum Gasteiger partial charge on any atom is -0.462 e. The summed E-state index contributed by atoms with van der Waals surface area (Å²) in [4.78, 5) is 12.3. The zero-order valence-electron chi connectivity index (χ0n) is 14.2. The molecule has 0 saturated heterocycles. The second kappa shape index (κ2) is 8.15. The number of rotatable bonds is 6. The van der Waals surface area contributed by atoms with Gasteiger partial charge < -0.3 is 10.1 Å². The van der Waals surface area contributed by atoms with Crippen LogP contribution in [0.3, 0.4) is 0 Å². The summed E-state index contributed by atoms with van der Waals surface area (Å²) in [6.45, 7) is 2.91. The van der Waals surface area contributed by atoms with Gasteiger partial charge in [-0.25, -0.2) is 4.79 Å². The molecule has 0 saturated carbocycles. The summed E-state index contributed by atoms with van der Waals surface area (Å²) in [6, 6.07) is 25.9. The van der Waals surface area contributed by atoms with Gasteiger partial charge in [0, 0.05) is 12.2 Å². The highest BCUT2D eigenvalue weighted by molar-refractivity contribution is 5.98. The first-order valence-corrected chi connectivity index (χ1v) is 8.42. The Hall–Kier alpha value is -3.07. The Bertz CT molecular complexity index is 829. The van der Waals surface area contributed by atoms with E-state index in [0.717, 1.165) is 23.4 Å². The van der Waals surface area contributed by atoms with Gasteiger partial charge in [0.2, 0.25) is 0 Å². The van der Waals surface area contributed by atoms with Crippen molar-refractivity contribution in [3.63, 3.8) is 0 Å². The van der Waals surface area contributed by atoms with E-state index in [4.69, 9.17) is 4.74 Å². The normalized spacial score (nSPS) is 10.3. The quantitative estimate of drug-likeness (QED) is 0.635. The van der Waals surface area contributed by atoms with Crippen molar-refractivity contribution in [3.05, 3.63) is 90.0 Å². The monoisotopic (exact) mass is 331 g/mol. The molecule has 0 heterocycles. The van der Waals surface area contributed by atoms with Gasteiger partial charge in [0.15, 0.2) is 0 Å². The molecule has 1 N–H and O–H groups in total. The van der Waals surface area contributed by atoms with E-state index in [1.807, 2.05) is 73.7 Å². The predicted molar refractivity (Wildman–Crippen MR) is 102 cm³/mol. The van der Waals surface area contributed by atoms with Crippen molar-refractivity contribution in [1.29, 1.82) is 0 Å². The summed E-state index contributed by atoms with van der Waals surface area (Å²) < 4.78 is 5.20. The van der Waals surface area contributed by atoms with Gasteiger partial charge in [-0.3, -0.25) is 0 Å². The standard InChI is InChI=1S/C22H21NO2/c1-2-25-22(24)20-14-13-19(23-16-17-9-5-3-6-10-17)15-21(20)18-11-7-4-8-12-18/h3-15,23H,2,16H2,1H3. The molecule has 0 bridgehead atoms. The lowest BCUT2D eigenvalue weighted by molar-refractivity contribution is 0.0527. The largest absolute Gasteiger partial charge is 0.462 e. The third kappa shape index (κ3) is 4.27. The van der Waals surface area contributed by atoms with Crippen LogP contribution in [0, 0.1) is 0 Å². The Labute approximate surface area is 148 Å². The fourth-order valence-corrected chi connectivity index (χ4v) is 2.70. The van der Waals surface area contributed by atoms with Gasteiger partial charge in [0.25, 0.3) is 0 Å². The third-order valence-electron chi connectivity index (χ3n) is 3.94. The van der Waals surface area contributed by atoms with Crippen molar-refractivity contribution in [3.8, 4) is 11.1 Å². The lowest BCUT2D eigenvalue weighted by atomic mass is 9.99. The summed E-state index contributed by atoms with van der Waals surface area (Å²) >= 11 is 0. The van der Waals surface area contributed by atoms with E-state index in [9.17, 15) is 4.79 Å². The Balaban J connectivity index is 1.90. The van der Waals surface area contributed by atoms with Gasteiger partial charge in [-0.15, -0.1) is 0 Å². The SMILES string of the molecule is CCOC(=O)c1ccc(NCc2ccccc2)cc1-c1ccccc1. The molecule has 0 radical (unpaired) electrons. The predicted octanol–water partition coefficient (Wildman–Crippen LogP) is 5.14. The van der Waals surface area contributed by atoms with Crippen molar-refractivity contribution in [2.75, 3.05) is 11.9 Å². The average molecular weight is 331 g/mol. The maximum absolute atomic E-state index is 12.3. The molecule has 0 aliphatic carbocycles. The average Bonchev–Trinajstić information content (AvgIpc) is 2.68. The van der Waals surface area contributed by atoms with Crippen LogP contribution in [-0.2, 0) is 11.3 Å². The lowest BCUT2D eigenvalue weighted by Crippen LogP contribution is -2.07. The van der Waals surface area contributed by atoms with E-state index in [2.05, 4.69) is 17.4 Å². The molecule has 3 rings (SSSR count). The van der Waals surface area contributed by atoms with Gasteiger partial charge in [-0.05, 0) is 41.8 Å².